The quantitative estimate of drug-likeness (QED) is 0.495. The Hall–Kier alpha value is -3.58. The van der Waals surface area contributed by atoms with E-state index in [2.05, 4.69) is 15.4 Å². The Kier molecular flexibility index (Phi) is 7.41. The third-order valence-electron chi connectivity index (χ3n) is 4.34. The van der Waals surface area contributed by atoms with Crippen molar-refractivity contribution in [2.24, 2.45) is 5.73 Å². The van der Waals surface area contributed by atoms with E-state index in [9.17, 15) is 22.4 Å². The number of nitrogens with two attached hydrogens (primary N) is 1. The number of carbonyl (C=O) groups excluding carboxylic acids is 2. The maximum absolute atomic E-state index is 13.2. The third-order valence-corrected chi connectivity index (χ3v) is 6.54. The molecule has 2 N–H and O–H groups in total. The molecule has 1 heterocycles. The molecule has 0 aliphatic rings. The van der Waals surface area contributed by atoms with Gasteiger partial charge in [0.25, 0.3) is 10.0 Å². The van der Waals surface area contributed by atoms with Crippen molar-refractivity contribution in [3.05, 3.63) is 58.9 Å². The van der Waals surface area contributed by atoms with Crippen molar-refractivity contribution in [3.8, 4) is 11.4 Å². The second kappa shape index (κ2) is 9.96. The number of primary amides is 1. The monoisotopic (exact) mass is 524 g/mol. The van der Waals surface area contributed by atoms with Crippen LogP contribution >= 0.6 is 11.6 Å². The van der Waals surface area contributed by atoms with Crippen molar-refractivity contribution in [2.45, 2.75) is 37.8 Å². The van der Waals surface area contributed by atoms with Crippen molar-refractivity contribution >= 4 is 33.6 Å². The van der Waals surface area contributed by atoms with Gasteiger partial charge >= 0.3 is 6.09 Å². The van der Waals surface area contributed by atoms with E-state index in [0.29, 0.717) is 5.56 Å². The van der Waals surface area contributed by atoms with Gasteiger partial charge < -0.3 is 10.5 Å². The lowest BCUT2D eigenvalue weighted by Gasteiger charge is -2.26. The first kappa shape index (κ1) is 26.0. The van der Waals surface area contributed by atoms with Crippen LogP contribution in [0.1, 0.15) is 26.3 Å². The van der Waals surface area contributed by atoms with Gasteiger partial charge in [0.05, 0.1) is 11.6 Å². The maximum atomic E-state index is 13.2. The molecule has 0 saturated heterocycles. The van der Waals surface area contributed by atoms with E-state index in [1.165, 1.54) is 49.8 Å². The molecular formula is C21H22ClFN6O5S. The smallest absolute Gasteiger partial charge is 0.424 e. The summed E-state index contributed by atoms with van der Waals surface area (Å²) >= 11 is 6.24. The lowest BCUT2D eigenvalue weighted by molar-refractivity contribution is -0.118. The number of halogens is 2. The van der Waals surface area contributed by atoms with E-state index in [1.807, 2.05) is 0 Å². The Morgan fingerprint density at radius 3 is 2.40 bits per heavy atom. The zero-order valence-electron chi connectivity index (χ0n) is 19.0. The van der Waals surface area contributed by atoms with Crippen molar-refractivity contribution < 1.29 is 27.1 Å². The van der Waals surface area contributed by atoms with Gasteiger partial charge in [-0.25, -0.2) is 17.6 Å². The molecule has 0 aliphatic carbocycles. The molecular weight excluding hydrogens is 503 g/mol. The number of hydrogen-bond donors (Lipinski definition) is 1. The fourth-order valence-electron chi connectivity index (χ4n) is 2.85. The zero-order chi connectivity index (χ0) is 26.0. The standard InChI is InChI=1S/C21H22ClFN6O5S/c1-21(2,3)34-20(31)28(12-18(24)30)35(32,33)17-9-6-14(10-16(17)22)19-25-27-29(26-19)11-13-4-7-15(23)8-5-13/h4-10H,11-12H2,1-3H3,(H2,24,30). The molecule has 1 aromatic heterocycles. The maximum Gasteiger partial charge on any atom is 0.424 e. The van der Waals surface area contributed by atoms with Crippen LogP contribution < -0.4 is 5.73 Å². The van der Waals surface area contributed by atoms with Crippen LogP contribution in [0.2, 0.25) is 5.02 Å². The van der Waals surface area contributed by atoms with Crippen molar-refractivity contribution in [2.75, 3.05) is 6.54 Å². The summed E-state index contributed by atoms with van der Waals surface area (Å²) in [5.41, 5.74) is 5.20. The average molecular weight is 525 g/mol. The molecule has 14 heteroatoms. The fourth-order valence-corrected chi connectivity index (χ4v) is 4.64. The SMILES string of the molecule is CC(C)(C)OC(=O)N(CC(N)=O)S(=O)(=O)c1ccc(-c2nnn(Cc3ccc(F)cc3)n2)cc1Cl. The van der Waals surface area contributed by atoms with Gasteiger partial charge in [0.15, 0.2) is 0 Å². The molecule has 0 fully saturated rings. The molecule has 3 aromatic rings. The van der Waals surface area contributed by atoms with E-state index in [-0.39, 0.29) is 27.5 Å². The Balaban J connectivity index is 1.88. The minimum atomic E-state index is -4.60. The number of hydrogen-bond acceptors (Lipinski definition) is 8. The highest BCUT2D eigenvalue weighted by Crippen LogP contribution is 2.29. The molecule has 3 rings (SSSR count). The molecule has 0 atom stereocenters. The van der Waals surface area contributed by atoms with Gasteiger partial charge in [-0.1, -0.05) is 23.7 Å². The predicted octanol–water partition coefficient (Wildman–Crippen LogP) is 2.59. The van der Waals surface area contributed by atoms with Crippen LogP contribution in [0.25, 0.3) is 11.4 Å². The van der Waals surface area contributed by atoms with Crippen LogP contribution in [0.4, 0.5) is 9.18 Å². The molecule has 11 nitrogen and oxygen atoms in total. The van der Waals surface area contributed by atoms with Crippen LogP contribution in [0.5, 0.6) is 0 Å². The number of nitrogens with zero attached hydrogens (tertiary/aromatic N) is 5. The molecule has 0 saturated carbocycles. The van der Waals surface area contributed by atoms with Gasteiger partial charge in [0.2, 0.25) is 11.7 Å². The Labute approximate surface area is 205 Å². The number of ether oxygens (including phenoxy) is 1. The largest absolute Gasteiger partial charge is 0.443 e. The topological polar surface area (TPSA) is 150 Å². The molecule has 0 aliphatic heterocycles. The Morgan fingerprint density at radius 1 is 1.17 bits per heavy atom. The lowest BCUT2D eigenvalue weighted by Crippen LogP contribution is -2.45. The van der Waals surface area contributed by atoms with Gasteiger partial charge in [-0.3, -0.25) is 4.79 Å². The summed E-state index contributed by atoms with van der Waals surface area (Å²) in [4.78, 5) is 24.8. The summed E-state index contributed by atoms with van der Waals surface area (Å²) in [7, 11) is -4.60. The predicted molar refractivity (Wildman–Crippen MR) is 123 cm³/mol. The molecule has 2 amide bonds. The van der Waals surface area contributed by atoms with E-state index >= 15 is 0 Å². The lowest BCUT2D eigenvalue weighted by atomic mass is 10.2. The van der Waals surface area contributed by atoms with E-state index in [0.717, 1.165) is 11.6 Å². The number of sulfonamides is 1. The van der Waals surface area contributed by atoms with Gasteiger partial charge in [-0.15, -0.1) is 10.2 Å². The summed E-state index contributed by atoms with van der Waals surface area (Å²) in [6, 6.07) is 9.58. The van der Waals surface area contributed by atoms with Crippen molar-refractivity contribution in [1.29, 1.82) is 0 Å². The average Bonchev–Trinajstić information content (AvgIpc) is 3.20. The van der Waals surface area contributed by atoms with E-state index in [4.69, 9.17) is 22.1 Å². The first-order valence-corrected chi connectivity index (χ1v) is 11.9. The summed E-state index contributed by atoms with van der Waals surface area (Å²) in [6.45, 7) is 3.91. The summed E-state index contributed by atoms with van der Waals surface area (Å²) in [5, 5.41) is 11.8. The Bertz CT molecular complexity index is 1360. The number of amides is 2. The first-order valence-electron chi connectivity index (χ1n) is 10.1. The van der Waals surface area contributed by atoms with Crippen LogP contribution in [0.15, 0.2) is 47.4 Å². The highest BCUT2D eigenvalue weighted by molar-refractivity contribution is 7.89. The van der Waals surface area contributed by atoms with Crippen LogP contribution in [0.3, 0.4) is 0 Å². The number of benzene rings is 2. The Morgan fingerprint density at radius 2 is 1.83 bits per heavy atom. The molecule has 35 heavy (non-hydrogen) atoms. The van der Waals surface area contributed by atoms with E-state index < -0.39 is 39.1 Å². The fraction of sp³-hybridized carbons (Fsp3) is 0.286. The second-order valence-electron chi connectivity index (χ2n) is 8.37. The number of aromatic nitrogens is 4. The summed E-state index contributed by atoms with van der Waals surface area (Å²) in [5.74, 6) is -1.28. The molecule has 0 radical (unpaired) electrons. The highest BCUT2D eigenvalue weighted by atomic mass is 35.5. The van der Waals surface area contributed by atoms with Crippen LogP contribution in [-0.2, 0) is 26.1 Å². The van der Waals surface area contributed by atoms with Crippen molar-refractivity contribution in [1.82, 2.24) is 24.5 Å². The van der Waals surface area contributed by atoms with Gasteiger partial charge in [0.1, 0.15) is 22.9 Å². The highest BCUT2D eigenvalue weighted by Gasteiger charge is 2.35. The molecule has 186 valence electrons. The van der Waals surface area contributed by atoms with Crippen molar-refractivity contribution in [3.63, 3.8) is 0 Å². The first-order chi connectivity index (χ1) is 16.3. The third kappa shape index (κ3) is 6.51. The van der Waals surface area contributed by atoms with E-state index in [1.54, 1.807) is 12.1 Å². The number of carbonyl (C=O) groups is 2. The van der Waals surface area contributed by atoms with Crippen LogP contribution in [0, 0.1) is 5.82 Å². The summed E-state index contributed by atoms with van der Waals surface area (Å²) in [6.07, 6.45) is -1.28. The molecule has 2 aromatic carbocycles. The number of rotatable bonds is 7. The molecule has 0 bridgehead atoms. The number of tetrazole rings is 1. The minimum Gasteiger partial charge on any atom is -0.443 e. The summed E-state index contributed by atoms with van der Waals surface area (Å²) < 4.78 is 44.7. The van der Waals surface area contributed by atoms with Gasteiger partial charge in [-0.2, -0.15) is 9.10 Å². The van der Waals surface area contributed by atoms with Crippen LogP contribution in [-0.4, -0.2) is 57.1 Å². The minimum absolute atomic E-state index is 0.152. The normalized spacial score (nSPS) is 11.8. The second-order valence-corrected chi connectivity index (χ2v) is 10.6. The van der Waals surface area contributed by atoms with Gasteiger partial charge in [-0.05, 0) is 61.9 Å². The molecule has 0 unspecified atom stereocenters. The van der Waals surface area contributed by atoms with Gasteiger partial charge in [0, 0.05) is 5.56 Å². The zero-order valence-corrected chi connectivity index (χ0v) is 20.5. The molecule has 0 spiro atoms.